The fraction of sp³-hybridized carbons (Fsp3) is 0.455. The SMILES string of the molecule is O=[N+]([O-])c1ccc(OCCCC(F)(F)F)c(CBr)c1. The van der Waals surface area contributed by atoms with E-state index in [2.05, 4.69) is 15.9 Å². The topological polar surface area (TPSA) is 52.4 Å². The Bertz CT molecular complexity index is 451. The van der Waals surface area contributed by atoms with Gasteiger partial charge in [-0.1, -0.05) is 15.9 Å². The van der Waals surface area contributed by atoms with E-state index in [9.17, 15) is 23.3 Å². The summed E-state index contributed by atoms with van der Waals surface area (Å²) in [6.07, 6.45) is -5.26. The maximum absolute atomic E-state index is 11.9. The molecule has 0 heterocycles. The summed E-state index contributed by atoms with van der Waals surface area (Å²) in [7, 11) is 0. The van der Waals surface area contributed by atoms with Gasteiger partial charge in [0.1, 0.15) is 5.75 Å². The van der Waals surface area contributed by atoms with Gasteiger partial charge >= 0.3 is 6.18 Å². The Labute approximate surface area is 115 Å². The lowest BCUT2D eigenvalue weighted by atomic mass is 10.2. The molecule has 0 aliphatic heterocycles. The van der Waals surface area contributed by atoms with Crippen LogP contribution >= 0.6 is 15.9 Å². The molecule has 0 saturated heterocycles. The van der Waals surface area contributed by atoms with Gasteiger partial charge in [0.2, 0.25) is 0 Å². The average molecular weight is 342 g/mol. The minimum atomic E-state index is -4.20. The fourth-order valence-corrected chi connectivity index (χ4v) is 1.82. The number of hydrogen-bond donors (Lipinski definition) is 0. The van der Waals surface area contributed by atoms with Crippen LogP contribution in [0.2, 0.25) is 0 Å². The van der Waals surface area contributed by atoms with E-state index in [0.29, 0.717) is 16.6 Å². The number of rotatable bonds is 6. The van der Waals surface area contributed by atoms with Crippen LogP contribution < -0.4 is 4.74 Å². The van der Waals surface area contributed by atoms with Crippen molar-refractivity contribution in [3.8, 4) is 5.75 Å². The van der Waals surface area contributed by atoms with Crippen LogP contribution in [0, 0.1) is 10.1 Å². The highest BCUT2D eigenvalue weighted by Crippen LogP contribution is 2.27. The van der Waals surface area contributed by atoms with Crippen molar-refractivity contribution in [3.05, 3.63) is 33.9 Å². The molecule has 1 aromatic carbocycles. The van der Waals surface area contributed by atoms with Gasteiger partial charge in [-0.25, -0.2) is 0 Å². The number of benzene rings is 1. The summed E-state index contributed by atoms with van der Waals surface area (Å²) in [6, 6.07) is 3.97. The Kier molecular flexibility index (Phi) is 5.59. The summed E-state index contributed by atoms with van der Waals surface area (Å²) in [5.74, 6) is 0.352. The molecular weight excluding hydrogens is 331 g/mol. The monoisotopic (exact) mass is 341 g/mol. The molecule has 0 aliphatic carbocycles. The number of nitro groups is 1. The minimum absolute atomic E-state index is 0.0860. The van der Waals surface area contributed by atoms with Crippen molar-refractivity contribution < 1.29 is 22.8 Å². The molecule has 0 saturated carbocycles. The number of non-ortho nitro benzene ring substituents is 1. The zero-order chi connectivity index (χ0) is 14.5. The largest absolute Gasteiger partial charge is 0.493 e. The van der Waals surface area contributed by atoms with E-state index < -0.39 is 17.5 Å². The maximum Gasteiger partial charge on any atom is 0.389 e. The van der Waals surface area contributed by atoms with Gasteiger partial charge in [0.25, 0.3) is 5.69 Å². The quantitative estimate of drug-likeness (QED) is 0.337. The Balaban J connectivity index is 2.61. The Morgan fingerprint density at radius 1 is 1.37 bits per heavy atom. The Morgan fingerprint density at radius 2 is 2.05 bits per heavy atom. The second-order valence-corrected chi connectivity index (χ2v) is 4.31. The molecule has 0 aliphatic rings. The van der Waals surface area contributed by atoms with Crippen LogP contribution in [0.25, 0.3) is 0 Å². The summed E-state index contributed by atoms with van der Waals surface area (Å²) in [5, 5.41) is 10.9. The molecule has 1 rings (SSSR count). The van der Waals surface area contributed by atoms with Crippen LogP contribution in [0.5, 0.6) is 5.75 Å². The lowest BCUT2D eigenvalue weighted by Gasteiger charge is -2.10. The molecule has 8 heteroatoms. The molecule has 0 spiro atoms. The smallest absolute Gasteiger partial charge is 0.389 e. The predicted molar refractivity (Wildman–Crippen MR) is 66.5 cm³/mol. The second kappa shape index (κ2) is 6.74. The molecule has 0 bridgehead atoms. The molecule has 4 nitrogen and oxygen atoms in total. The fourth-order valence-electron chi connectivity index (χ4n) is 1.38. The van der Waals surface area contributed by atoms with Crippen LogP contribution in [0.1, 0.15) is 18.4 Å². The van der Waals surface area contributed by atoms with Crippen molar-refractivity contribution in [1.29, 1.82) is 0 Å². The zero-order valence-electron chi connectivity index (χ0n) is 9.74. The number of halogens is 4. The predicted octanol–water partition coefficient (Wildman–Crippen LogP) is 4.21. The number of nitrogens with zero attached hydrogens (tertiary/aromatic N) is 1. The molecular formula is C11H11BrF3NO3. The maximum atomic E-state index is 11.9. The van der Waals surface area contributed by atoms with E-state index in [-0.39, 0.29) is 18.7 Å². The molecule has 106 valence electrons. The van der Waals surface area contributed by atoms with Crippen LogP contribution in [0.4, 0.5) is 18.9 Å². The van der Waals surface area contributed by atoms with Gasteiger partial charge in [0.05, 0.1) is 11.5 Å². The lowest BCUT2D eigenvalue weighted by molar-refractivity contribution is -0.384. The third kappa shape index (κ3) is 5.46. The van der Waals surface area contributed by atoms with E-state index in [4.69, 9.17) is 4.74 Å². The lowest BCUT2D eigenvalue weighted by Crippen LogP contribution is -2.10. The van der Waals surface area contributed by atoms with Crippen LogP contribution in [-0.4, -0.2) is 17.7 Å². The molecule has 0 amide bonds. The summed E-state index contributed by atoms with van der Waals surface area (Å²) in [4.78, 5) is 10.0. The molecule has 0 unspecified atom stereocenters. The van der Waals surface area contributed by atoms with Gasteiger partial charge in [-0.05, 0) is 12.5 Å². The van der Waals surface area contributed by atoms with Crippen LogP contribution in [-0.2, 0) is 5.33 Å². The standard InChI is InChI=1S/C11H11BrF3NO3/c12-7-8-6-9(16(17)18)2-3-10(8)19-5-1-4-11(13,14)15/h2-3,6H,1,4-5,7H2. The van der Waals surface area contributed by atoms with Crippen molar-refractivity contribution in [2.45, 2.75) is 24.3 Å². The van der Waals surface area contributed by atoms with Crippen molar-refractivity contribution >= 4 is 21.6 Å². The van der Waals surface area contributed by atoms with Gasteiger partial charge in [-0.2, -0.15) is 13.2 Å². The zero-order valence-corrected chi connectivity index (χ0v) is 11.3. The highest BCUT2D eigenvalue weighted by Gasteiger charge is 2.26. The van der Waals surface area contributed by atoms with E-state index in [1.165, 1.54) is 18.2 Å². The highest BCUT2D eigenvalue weighted by molar-refractivity contribution is 9.08. The number of hydrogen-bond acceptors (Lipinski definition) is 3. The molecule has 0 aromatic heterocycles. The number of ether oxygens (including phenoxy) is 1. The highest BCUT2D eigenvalue weighted by atomic mass is 79.9. The Morgan fingerprint density at radius 3 is 2.58 bits per heavy atom. The van der Waals surface area contributed by atoms with Gasteiger partial charge in [0, 0.05) is 29.4 Å². The van der Waals surface area contributed by atoms with E-state index in [1.807, 2.05) is 0 Å². The summed E-state index contributed by atoms with van der Waals surface area (Å²) >= 11 is 3.15. The first-order valence-corrected chi connectivity index (χ1v) is 6.48. The first-order chi connectivity index (χ1) is 8.83. The van der Waals surface area contributed by atoms with Crippen LogP contribution in [0.3, 0.4) is 0 Å². The van der Waals surface area contributed by atoms with Crippen LogP contribution in [0.15, 0.2) is 18.2 Å². The minimum Gasteiger partial charge on any atom is -0.493 e. The number of nitro benzene ring substituents is 1. The van der Waals surface area contributed by atoms with Gasteiger partial charge < -0.3 is 4.74 Å². The summed E-state index contributed by atoms with van der Waals surface area (Å²) in [5.41, 5.74) is 0.443. The second-order valence-electron chi connectivity index (χ2n) is 3.75. The first kappa shape index (κ1) is 15.7. The van der Waals surface area contributed by atoms with E-state index >= 15 is 0 Å². The third-order valence-corrected chi connectivity index (χ3v) is 2.87. The van der Waals surface area contributed by atoms with Gasteiger partial charge in [0.15, 0.2) is 0 Å². The molecule has 0 N–H and O–H groups in total. The van der Waals surface area contributed by atoms with E-state index in [1.54, 1.807) is 0 Å². The van der Waals surface area contributed by atoms with Crippen molar-refractivity contribution in [2.75, 3.05) is 6.61 Å². The summed E-state index contributed by atoms with van der Waals surface area (Å²) < 4.78 is 41.0. The molecule has 19 heavy (non-hydrogen) atoms. The van der Waals surface area contributed by atoms with E-state index in [0.717, 1.165) is 0 Å². The molecule has 1 aromatic rings. The van der Waals surface area contributed by atoms with Crippen molar-refractivity contribution in [1.82, 2.24) is 0 Å². The van der Waals surface area contributed by atoms with Crippen molar-refractivity contribution in [2.24, 2.45) is 0 Å². The normalized spacial score (nSPS) is 11.4. The first-order valence-electron chi connectivity index (χ1n) is 5.36. The summed E-state index contributed by atoms with van der Waals surface area (Å²) in [6.45, 7) is -0.0860. The van der Waals surface area contributed by atoms with Gasteiger partial charge in [-0.15, -0.1) is 0 Å². The molecule has 0 atom stereocenters. The third-order valence-electron chi connectivity index (χ3n) is 2.26. The molecule has 0 fully saturated rings. The van der Waals surface area contributed by atoms with Gasteiger partial charge in [-0.3, -0.25) is 10.1 Å². The van der Waals surface area contributed by atoms with Crippen molar-refractivity contribution in [3.63, 3.8) is 0 Å². The molecule has 0 radical (unpaired) electrons. The Hall–Kier alpha value is -1.31. The number of alkyl halides is 4. The average Bonchev–Trinajstić information content (AvgIpc) is 2.33.